The van der Waals surface area contributed by atoms with Gasteiger partial charge in [0.25, 0.3) is 0 Å². The van der Waals surface area contributed by atoms with E-state index in [9.17, 15) is 4.79 Å². The molecule has 0 aliphatic carbocycles. The van der Waals surface area contributed by atoms with Crippen LogP contribution in [-0.2, 0) is 7.05 Å². The van der Waals surface area contributed by atoms with Crippen molar-refractivity contribution >= 4 is 29.3 Å². The van der Waals surface area contributed by atoms with E-state index in [4.69, 9.17) is 16.3 Å². The number of carbonyl (C=O) groups excluding carboxylic acids is 1. The highest BCUT2D eigenvalue weighted by Crippen LogP contribution is 2.36. The van der Waals surface area contributed by atoms with E-state index in [0.717, 1.165) is 0 Å². The van der Waals surface area contributed by atoms with Gasteiger partial charge in [0.2, 0.25) is 0 Å². The molecule has 0 aliphatic rings. The lowest BCUT2D eigenvalue weighted by Gasteiger charge is -2.14. The molecule has 24 heavy (non-hydrogen) atoms. The van der Waals surface area contributed by atoms with E-state index in [-0.39, 0.29) is 10.8 Å². The fourth-order valence-electron chi connectivity index (χ4n) is 2.20. The molecule has 0 amide bonds. The summed E-state index contributed by atoms with van der Waals surface area (Å²) in [6, 6.07) is 6.99. The highest BCUT2D eigenvalue weighted by Gasteiger charge is 2.16. The maximum absolute atomic E-state index is 11.1. The topological polar surface area (TPSA) is 94.8 Å². The summed E-state index contributed by atoms with van der Waals surface area (Å²) in [5.74, 6) is 1.06. The molecule has 0 spiro atoms. The van der Waals surface area contributed by atoms with Crippen LogP contribution in [0.1, 0.15) is 10.5 Å². The van der Waals surface area contributed by atoms with Gasteiger partial charge in [-0.3, -0.25) is 9.48 Å². The van der Waals surface area contributed by atoms with Crippen LogP contribution in [0.15, 0.2) is 30.6 Å². The molecule has 3 aromatic rings. The molecule has 2 heterocycles. The Morgan fingerprint density at radius 2 is 2.12 bits per heavy atom. The Morgan fingerprint density at radius 1 is 1.29 bits per heavy atom. The first-order valence-electron chi connectivity index (χ1n) is 6.91. The number of carbonyl (C=O) groups is 1. The Morgan fingerprint density at radius 3 is 2.79 bits per heavy atom. The van der Waals surface area contributed by atoms with Gasteiger partial charge in [0.05, 0.1) is 24.0 Å². The molecule has 0 unspecified atom stereocenters. The zero-order valence-corrected chi connectivity index (χ0v) is 13.7. The minimum absolute atomic E-state index is 0.141. The van der Waals surface area contributed by atoms with Crippen molar-refractivity contribution in [1.82, 2.24) is 25.0 Å². The van der Waals surface area contributed by atoms with Gasteiger partial charge < -0.3 is 10.1 Å². The average molecular weight is 345 g/mol. The van der Waals surface area contributed by atoms with Crippen LogP contribution >= 0.6 is 11.6 Å². The number of aldehydes is 1. The summed E-state index contributed by atoms with van der Waals surface area (Å²) in [4.78, 5) is 15.4. The highest BCUT2D eigenvalue weighted by molar-refractivity contribution is 6.29. The van der Waals surface area contributed by atoms with Gasteiger partial charge in [0.15, 0.2) is 23.0 Å². The Kier molecular flexibility index (Phi) is 4.39. The Hall–Kier alpha value is -3.00. The quantitative estimate of drug-likeness (QED) is 0.710. The Labute approximate surface area is 142 Å². The van der Waals surface area contributed by atoms with E-state index in [1.165, 1.54) is 6.07 Å². The van der Waals surface area contributed by atoms with Crippen LogP contribution in [0.5, 0.6) is 5.75 Å². The fourth-order valence-corrected chi connectivity index (χ4v) is 2.35. The second-order valence-corrected chi connectivity index (χ2v) is 5.22. The fraction of sp³-hybridized carbons (Fsp3) is 0.133. The molecule has 0 saturated carbocycles. The molecule has 1 N–H and O–H groups in total. The lowest BCUT2D eigenvalue weighted by atomic mass is 10.1. The minimum Gasteiger partial charge on any atom is -0.494 e. The van der Waals surface area contributed by atoms with Gasteiger partial charge in [0, 0.05) is 13.1 Å². The van der Waals surface area contributed by atoms with Gasteiger partial charge in [-0.05, 0) is 12.1 Å². The lowest BCUT2D eigenvalue weighted by Crippen LogP contribution is -2.02. The molecule has 2 aromatic heterocycles. The van der Waals surface area contributed by atoms with Crippen molar-refractivity contribution in [2.45, 2.75) is 0 Å². The molecule has 0 saturated heterocycles. The van der Waals surface area contributed by atoms with E-state index < -0.39 is 0 Å². The number of para-hydroxylation sites is 1. The second-order valence-electron chi connectivity index (χ2n) is 4.84. The van der Waals surface area contributed by atoms with Crippen LogP contribution in [0.25, 0.3) is 11.4 Å². The number of halogens is 1. The molecule has 0 atom stereocenters. The third-order valence-corrected chi connectivity index (χ3v) is 3.42. The number of anilines is 2. The maximum Gasteiger partial charge on any atom is 0.184 e. The number of nitrogens with zero attached hydrogens (tertiary/aromatic N) is 5. The van der Waals surface area contributed by atoms with Crippen molar-refractivity contribution in [1.29, 1.82) is 0 Å². The third kappa shape index (κ3) is 3.04. The number of aryl methyl sites for hydroxylation is 1. The first-order chi connectivity index (χ1) is 11.6. The van der Waals surface area contributed by atoms with E-state index in [1.807, 2.05) is 12.1 Å². The molecule has 0 fully saturated rings. The van der Waals surface area contributed by atoms with Crippen molar-refractivity contribution < 1.29 is 9.53 Å². The SMILES string of the molecule is COc1c(Nc2cc(Cl)nnc2C=O)cccc1-c1ncn(C)n1. The molecular weight excluding hydrogens is 332 g/mol. The molecule has 9 heteroatoms. The van der Waals surface area contributed by atoms with Crippen LogP contribution in [-0.4, -0.2) is 38.4 Å². The highest BCUT2D eigenvalue weighted by atomic mass is 35.5. The summed E-state index contributed by atoms with van der Waals surface area (Å²) in [6.45, 7) is 0. The van der Waals surface area contributed by atoms with Crippen LogP contribution in [0.3, 0.4) is 0 Å². The molecule has 1 aromatic carbocycles. The number of methoxy groups -OCH3 is 1. The van der Waals surface area contributed by atoms with Gasteiger partial charge in [-0.1, -0.05) is 17.7 Å². The van der Waals surface area contributed by atoms with Crippen LogP contribution in [0.4, 0.5) is 11.4 Å². The van der Waals surface area contributed by atoms with E-state index in [2.05, 4.69) is 25.6 Å². The van der Waals surface area contributed by atoms with Gasteiger partial charge in [0.1, 0.15) is 12.0 Å². The summed E-state index contributed by atoms with van der Waals surface area (Å²) < 4.78 is 7.11. The molecular formula is C15H13ClN6O2. The van der Waals surface area contributed by atoms with Crippen molar-refractivity contribution in [3.8, 4) is 17.1 Å². The molecule has 0 bridgehead atoms. The van der Waals surface area contributed by atoms with Crippen molar-refractivity contribution in [2.24, 2.45) is 7.05 Å². The maximum atomic E-state index is 11.1. The number of hydrogen-bond donors (Lipinski definition) is 1. The Balaban J connectivity index is 2.06. The molecule has 0 radical (unpaired) electrons. The normalized spacial score (nSPS) is 10.5. The van der Waals surface area contributed by atoms with Crippen LogP contribution in [0.2, 0.25) is 5.15 Å². The molecule has 0 aliphatic heterocycles. The van der Waals surface area contributed by atoms with E-state index in [1.54, 1.807) is 31.2 Å². The molecule has 3 rings (SSSR count). The number of ether oxygens (including phenoxy) is 1. The largest absolute Gasteiger partial charge is 0.494 e. The number of hydrogen-bond acceptors (Lipinski definition) is 7. The van der Waals surface area contributed by atoms with Crippen LogP contribution < -0.4 is 10.1 Å². The minimum atomic E-state index is 0.141. The van der Waals surface area contributed by atoms with Gasteiger partial charge in [-0.25, -0.2) is 4.98 Å². The second kappa shape index (κ2) is 6.63. The zero-order valence-electron chi connectivity index (χ0n) is 12.9. The molecule has 122 valence electrons. The molecule has 8 nitrogen and oxygen atoms in total. The zero-order chi connectivity index (χ0) is 17.1. The summed E-state index contributed by atoms with van der Waals surface area (Å²) in [5, 5.41) is 15.0. The summed E-state index contributed by atoms with van der Waals surface area (Å²) >= 11 is 5.86. The number of nitrogens with one attached hydrogen (secondary N) is 1. The number of rotatable bonds is 5. The first kappa shape index (κ1) is 15.9. The van der Waals surface area contributed by atoms with Gasteiger partial charge >= 0.3 is 0 Å². The van der Waals surface area contributed by atoms with Crippen molar-refractivity contribution in [3.05, 3.63) is 41.4 Å². The lowest BCUT2D eigenvalue weighted by molar-refractivity contribution is 0.111. The third-order valence-electron chi connectivity index (χ3n) is 3.23. The van der Waals surface area contributed by atoms with Crippen LogP contribution in [0, 0.1) is 0 Å². The standard InChI is InChI=1S/C15H13ClN6O2/c1-22-8-17-15(21-22)9-4-3-5-10(14(9)24-2)18-11-6-13(16)20-19-12(11)7-23/h3-8H,1-2H3,(H,18,20). The summed E-state index contributed by atoms with van der Waals surface area (Å²) in [5.41, 5.74) is 1.90. The Bertz CT molecular complexity index is 895. The van der Waals surface area contributed by atoms with E-state index in [0.29, 0.717) is 34.8 Å². The van der Waals surface area contributed by atoms with Crippen molar-refractivity contribution in [2.75, 3.05) is 12.4 Å². The van der Waals surface area contributed by atoms with Gasteiger partial charge in [-0.2, -0.15) is 5.10 Å². The van der Waals surface area contributed by atoms with E-state index >= 15 is 0 Å². The summed E-state index contributed by atoms with van der Waals surface area (Å²) in [7, 11) is 3.33. The predicted octanol–water partition coefficient (Wildman–Crippen LogP) is 2.49. The van der Waals surface area contributed by atoms with Crippen molar-refractivity contribution in [3.63, 3.8) is 0 Å². The monoisotopic (exact) mass is 344 g/mol. The van der Waals surface area contributed by atoms with Gasteiger partial charge in [-0.15, -0.1) is 10.2 Å². The number of aromatic nitrogens is 5. The predicted molar refractivity (Wildman–Crippen MR) is 88.7 cm³/mol. The summed E-state index contributed by atoms with van der Waals surface area (Å²) in [6.07, 6.45) is 2.20. The average Bonchev–Trinajstić information content (AvgIpc) is 3.01. The smallest absolute Gasteiger partial charge is 0.184 e. The first-order valence-corrected chi connectivity index (χ1v) is 7.28. The number of benzene rings is 1.